The molecule has 1 aromatic heterocycles. The number of ether oxygens (including phenoxy) is 2. The number of hydrogen-bond acceptors (Lipinski definition) is 4. The van der Waals surface area contributed by atoms with Crippen molar-refractivity contribution in [3.63, 3.8) is 0 Å². The van der Waals surface area contributed by atoms with E-state index in [4.69, 9.17) is 15.2 Å². The summed E-state index contributed by atoms with van der Waals surface area (Å²) in [6.07, 6.45) is 2.20. The molecule has 0 spiro atoms. The van der Waals surface area contributed by atoms with Crippen molar-refractivity contribution in [1.29, 1.82) is 0 Å². The molecule has 2 rings (SSSR count). The number of pyridine rings is 1. The Kier molecular flexibility index (Phi) is 4.58. The average Bonchev–Trinajstić information content (AvgIpc) is 2.43. The van der Waals surface area contributed by atoms with Gasteiger partial charge in [0.1, 0.15) is 11.6 Å². The highest BCUT2D eigenvalue weighted by Crippen LogP contribution is 2.23. The predicted octanol–water partition coefficient (Wildman–Crippen LogP) is 3.14. The third-order valence-electron chi connectivity index (χ3n) is 3.04. The molecule has 0 atom stereocenters. The minimum Gasteiger partial charge on any atom is -0.497 e. The number of nitrogens with zero attached hydrogens (tertiary/aromatic N) is 1. The Bertz CT molecular complexity index is 555. The quantitative estimate of drug-likeness (QED) is 0.811. The minimum absolute atomic E-state index is 0.515. The van der Waals surface area contributed by atoms with Gasteiger partial charge in [0.05, 0.1) is 19.2 Å². The third kappa shape index (κ3) is 3.35. The lowest BCUT2D eigenvalue weighted by Crippen LogP contribution is -2.02. The molecule has 4 heteroatoms. The van der Waals surface area contributed by atoms with E-state index in [9.17, 15) is 0 Å². The molecule has 1 aromatic carbocycles. The fourth-order valence-electron chi connectivity index (χ4n) is 1.88. The summed E-state index contributed by atoms with van der Waals surface area (Å²) in [6, 6.07) is 7.81. The van der Waals surface area contributed by atoms with E-state index < -0.39 is 0 Å². The maximum Gasteiger partial charge on any atom is 0.129 e. The van der Waals surface area contributed by atoms with Crippen molar-refractivity contribution in [2.75, 3.05) is 19.5 Å². The van der Waals surface area contributed by atoms with Gasteiger partial charge in [0.15, 0.2) is 0 Å². The molecule has 0 bridgehead atoms. The molecule has 1 heterocycles. The second-order valence-corrected chi connectivity index (χ2v) is 4.50. The molecule has 0 unspecified atom stereocenters. The summed E-state index contributed by atoms with van der Waals surface area (Å²) in [6.45, 7) is 3.42. The van der Waals surface area contributed by atoms with Crippen molar-refractivity contribution < 1.29 is 9.47 Å². The van der Waals surface area contributed by atoms with E-state index in [2.05, 4.69) is 11.9 Å². The van der Waals surface area contributed by atoms with Crippen LogP contribution in [0.5, 0.6) is 5.75 Å². The fraction of sp³-hybridized carbons (Fsp3) is 0.400. The molecular formula is C15H20N2O2. The summed E-state index contributed by atoms with van der Waals surface area (Å²) in [5.41, 5.74) is 7.74. The summed E-state index contributed by atoms with van der Waals surface area (Å²) in [4.78, 5) is 4.40. The van der Waals surface area contributed by atoms with Gasteiger partial charge < -0.3 is 15.2 Å². The number of benzene rings is 1. The number of nitrogen functional groups attached to an aromatic ring is 1. The van der Waals surface area contributed by atoms with E-state index >= 15 is 0 Å². The Balaban J connectivity index is 2.19. The number of aromatic nitrogens is 1. The van der Waals surface area contributed by atoms with Gasteiger partial charge in [-0.1, -0.05) is 13.3 Å². The number of nitrogens with two attached hydrogens (primary N) is 1. The zero-order valence-corrected chi connectivity index (χ0v) is 11.5. The minimum atomic E-state index is 0.515. The normalized spacial score (nSPS) is 10.8. The fourth-order valence-corrected chi connectivity index (χ4v) is 1.88. The molecule has 0 aliphatic carbocycles. The molecule has 0 radical (unpaired) electrons. The highest BCUT2D eigenvalue weighted by molar-refractivity contribution is 5.82. The van der Waals surface area contributed by atoms with Crippen LogP contribution in [-0.2, 0) is 11.3 Å². The molecule has 102 valence electrons. The van der Waals surface area contributed by atoms with Crippen LogP contribution >= 0.6 is 0 Å². The molecule has 0 fully saturated rings. The molecule has 0 saturated heterocycles. The van der Waals surface area contributed by atoms with E-state index in [1.807, 2.05) is 24.3 Å². The van der Waals surface area contributed by atoms with Gasteiger partial charge in [-0.3, -0.25) is 0 Å². The first-order chi connectivity index (χ1) is 9.24. The third-order valence-corrected chi connectivity index (χ3v) is 3.04. The Morgan fingerprint density at radius 3 is 2.84 bits per heavy atom. The molecule has 2 N–H and O–H groups in total. The Hall–Kier alpha value is -1.81. The zero-order chi connectivity index (χ0) is 13.7. The average molecular weight is 260 g/mol. The second kappa shape index (κ2) is 6.38. The van der Waals surface area contributed by atoms with Gasteiger partial charge in [0, 0.05) is 23.6 Å². The van der Waals surface area contributed by atoms with Crippen molar-refractivity contribution in [2.24, 2.45) is 0 Å². The lowest BCUT2D eigenvalue weighted by molar-refractivity contribution is 0.118. The van der Waals surface area contributed by atoms with Gasteiger partial charge in [0.2, 0.25) is 0 Å². The van der Waals surface area contributed by atoms with Gasteiger partial charge in [-0.25, -0.2) is 4.98 Å². The van der Waals surface area contributed by atoms with Gasteiger partial charge in [0.25, 0.3) is 0 Å². The Morgan fingerprint density at radius 2 is 2.11 bits per heavy atom. The topological polar surface area (TPSA) is 57.4 Å². The lowest BCUT2D eigenvalue weighted by atomic mass is 10.1. The SMILES string of the molecule is CCCCOCc1cc2ccc(OC)cc2nc1N. The van der Waals surface area contributed by atoms with Crippen LogP contribution in [0.25, 0.3) is 10.9 Å². The summed E-state index contributed by atoms with van der Waals surface area (Å²) in [7, 11) is 1.64. The van der Waals surface area contributed by atoms with E-state index in [-0.39, 0.29) is 0 Å². The zero-order valence-electron chi connectivity index (χ0n) is 11.5. The predicted molar refractivity (Wildman–Crippen MR) is 77.3 cm³/mol. The van der Waals surface area contributed by atoms with Gasteiger partial charge in [-0.15, -0.1) is 0 Å². The number of unbranched alkanes of at least 4 members (excludes halogenated alkanes) is 1. The van der Waals surface area contributed by atoms with Crippen molar-refractivity contribution in [3.8, 4) is 5.75 Å². The molecular weight excluding hydrogens is 240 g/mol. The maximum atomic E-state index is 5.96. The molecule has 0 aliphatic heterocycles. The molecule has 0 saturated carbocycles. The van der Waals surface area contributed by atoms with Gasteiger partial charge in [-0.2, -0.15) is 0 Å². The summed E-state index contributed by atoms with van der Waals surface area (Å²) in [5.74, 6) is 1.31. The highest BCUT2D eigenvalue weighted by Gasteiger charge is 2.05. The monoisotopic (exact) mass is 260 g/mol. The van der Waals surface area contributed by atoms with Crippen LogP contribution in [0.15, 0.2) is 24.3 Å². The van der Waals surface area contributed by atoms with E-state index in [1.165, 1.54) is 0 Å². The van der Waals surface area contributed by atoms with Gasteiger partial charge >= 0.3 is 0 Å². The van der Waals surface area contributed by atoms with Crippen LogP contribution in [-0.4, -0.2) is 18.7 Å². The first-order valence-electron chi connectivity index (χ1n) is 6.55. The van der Waals surface area contributed by atoms with Crippen LogP contribution in [0.1, 0.15) is 25.3 Å². The molecule has 4 nitrogen and oxygen atoms in total. The lowest BCUT2D eigenvalue weighted by Gasteiger charge is -2.09. The van der Waals surface area contributed by atoms with Gasteiger partial charge in [-0.05, 0) is 24.6 Å². The standard InChI is InChI=1S/C15H20N2O2/c1-3-4-7-19-10-12-8-11-5-6-13(18-2)9-14(11)17-15(12)16/h5-6,8-9H,3-4,7,10H2,1-2H3,(H2,16,17). The number of methoxy groups -OCH3 is 1. The number of anilines is 1. The maximum absolute atomic E-state index is 5.96. The summed E-state index contributed by atoms with van der Waals surface area (Å²) < 4.78 is 10.8. The Morgan fingerprint density at radius 1 is 1.26 bits per heavy atom. The van der Waals surface area contributed by atoms with Crippen LogP contribution in [0.3, 0.4) is 0 Å². The number of fused-ring (bicyclic) bond motifs is 1. The van der Waals surface area contributed by atoms with E-state index in [0.29, 0.717) is 12.4 Å². The largest absolute Gasteiger partial charge is 0.497 e. The van der Waals surface area contributed by atoms with Crippen molar-refractivity contribution in [3.05, 3.63) is 29.8 Å². The van der Waals surface area contributed by atoms with Crippen molar-refractivity contribution in [1.82, 2.24) is 4.98 Å². The van der Waals surface area contributed by atoms with E-state index in [1.54, 1.807) is 7.11 Å². The second-order valence-electron chi connectivity index (χ2n) is 4.50. The first kappa shape index (κ1) is 13.6. The van der Waals surface area contributed by atoms with Crippen molar-refractivity contribution in [2.45, 2.75) is 26.4 Å². The van der Waals surface area contributed by atoms with Crippen LogP contribution in [0, 0.1) is 0 Å². The smallest absolute Gasteiger partial charge is 0.129 e. The van der Waals surface area contributed by atoms with Crippen molar-refractivity contribution >= 4 is 16.7 Å². The van der Waals surface area contributed by atoms with Crippen LogP contribution in [0.2, 0.25) is 0 Å². The highest BCUT2D eigenvalue weighted by atomic mass is 16.5. The molecule has 0 amide bonds. The summed E-state index contributed by atoms with van der Waals surface area (Å²) >= 11 is 0. The van der Waals surface area contributed by atoms with Crippen LogP contribution < -0.4 is 10.5 Å². The molecule has 2 aromatic rings. The molecule has 19 heavy (non-hydrogen) atoms. The first-order valence-corrected chi connectivity index (χ1v) is 6.55. The van der Waals surface area contributed by atoms with E-state index in [0.717, 1.165) is 41.7 Å². The number of rotatable bonds is 6. The Labute approximate surface area is 113 Å². The number of hydrogen-bond donors (Lipinski definition) is 1. The van der Waals surface area contributed by atoms with Crippen LogP contribution in [0.4, 0.5) is 5.82 Å². The summed E-state index contributed by atoms with van der Waals surface area (Å²) in [5, 5.41) is 1.05. The molecule has 0 aliphatic rings.